The monoisotopic (exact) mass is 331 g/mol. The zero-order valence-electron chi connectivity index (χ0n) is 11.9. The van der Waals surface area contributed by atoms with Gasteiger partial charge in [0.25, 0.3) is 15.0 Å². The molecule has 0 spiro atoms. The largest absolute Gasteiger partial charge is 0.381 e. The molecule has 7 heteroatoms. The molecule has 0 bridgehead atoms. The molecular formula is C14H18ClNO4S. The van der Waals surface area contributed by atoms with Crippen LogP contribution in [0.5, 0.6) is 0 Å². The Bertz CT molecular complexity index is 638. The summed E-state index contributed by atoms with van der Waals surface area (Å²) in [6.45, 7) is 4.99. The summed E-state index contributed by atoms with van der Waals surface area (Å²) < 4.78 is 28.1. The van der Waals surface area contributed by atoms with Crippen molar-refractivity contribution in [3.8, 4) is 0 Å². The van der Waals surface area contributed by atoms with Crippen LogP contribution in [0.2, 0.25) is 0 Å². The van der Waals surface area contributed by atoms with Crippen LogP contribution in [0.25, 0.3) is 0 Å². The first-order chi connectivity index (χ1) is 9.77. The Morgan fingerprint density at radius 2 is 2.14 bits per heavy atom. The van der Waals surface area contributed by atoms with E-state index >= 15 is 0 Å². The Hall–Kier alpha value is -1.11. The van der Waals surface area contributed by atoms with E-state index in [1.54, 1.807) is 13.0 Å². The lowest BCUT2D eigenvalue weighted by molar-refractivity contribution is 0.0922. The first-order valence-electron chi connectivity index (χ1n) is 6.72. The van der Waals surface area contributed by atoms with E-state index in [0.717, 1.165) is 6.42 Å². The molecule has 21 heavy (non-hydrogen) atoms. The van der Waals surface area contributed by atoms with Crippen LogP contribution in [0, 0.1) is 12.8 Å². The number of carbonyl (C=O) groups excluding carboxylic acids is 1. The lowest BCUT2D eigenvalue weighted by atomic mass is 10.0. The third kappa shape index (κ3) is 4.18. The van der Waals surface area contributed by atoms with Gasteiger partial charge in [-0.05, 0) is 44.0 Å². The van der Waals surface area contributed by atoms with Gasteiger partial charge in [-0.3, -0.25) is 4.79 Å². The number of amides is 1. The van der Waals surface area contributed by atoms with Crippen molar-refractivity contribution in [1.29, 1.82) is 0 Å². The van der Waals surface area contributed by atoms with Crippen LogP contribution in [0.3, 0.4) is 0 Å². The maximum atomic E-state index is 12.3. The fraction of sp³-hybridized carbons (Fsp3) is 0.500. The molecule has 0 aliphatic carbocycles. The second kappa shape index (κ2) is 6.34. The van der Waals surface area contributed by atoms with Crippen LogP contribution in [0.4, 0.5) is 0 Å². The minimum absolute atomic E-state index is 0.0310. The molecule has 5 nitrogen and oxygen atoms in total. The van der Waals surface area contributed by atoms with Gasteiger partial charge in [0.2, 0.25) is 0 Å². The van der Waals surface area contributed by atoms with Crippen LogP contribution in [0.1, 0.15) is 29.3 Å². The molecule has 1 aromatic rings. The number of aryl methyl sites for hydroxylation is 1. The molecule has 0 saturated carbocycles. The maximum absolute atomic E-state index is 12.3. The molecule has 1 fully saturated rings. The molecule has 2 unspecified atom stereocenters. The Balaban J connectivity index is 2.17. The summed E-state index contributed by atoms with van der Waals surface area (Å²) in [5, 5.41) is 2.89. The topological polar surface area (TPSA) is 72.5 Å². The number of halogens is 1. The Morgan fingerprint density at radius 1 is 1.43 bits per heavy atom. The molecule has 2 atom stereocenters. The van der Waals surface area contributed by atoms with E-state index in [1.807, 2.05) is 6.92 Å². The highest BCUT2D eigenvalue weighted by molar-refractivity contribution is 8.13. The minimum Gasteiger partial charge on any atom is -0.381 e. The first kappa shape index (κ1) is 16.3. The molecule has 1 aliphatic rings. The second-order valence-corrected chi connectivity index (χ2v) is 7.92. The molecule has 1 saturated heterocycles. The molecule has 2 rings (SSSR count). The summed E-state index contributed by atoms with van der Waals surface area (Å²) in [6, 6.07) is 4.34. The van der Waals surface area contributed by atoms with E-state index in [-0.39, 0.29) is 22.8 Å². The fourth-order valence-corrected chi connectivity index (χ4v) is 3.24. The molecule has 1 aliphatic heterocycles. The molecular weight excluding hydrogens is 314 g/mol. The van der Waals surface area contributed by atoms with E-state index in [0.29, 0.717) is 24.3 Å². The van der Waals surface area contributed by atoms with Crippen molar-refractivity contribution in [2.24, 2.45) is 5.92 Å². The van der Waals surface area contributed by atoms with Crippen molar-refractivity contribution < 1.29 is 17.9 Å². The average molecular weight is 332 g/mol. The zero-order valence-corrected chi connectivity index (χ0v) is 13.5. The summed E-state index contributed by atoms with van der Waals surface area (Å²) in [4.78, 5) is 12.2. The van der Waals surface area contributed by atoms with Crippen LogP contribution in [0.15, 0.2) is 23.1 Å². The molecule has 1 heterocycles. The number of rotatable bonds is 4. The normalized spacial score (nSPS) is 20.2. The van der Waals surface area contributed by atoms with Gasteiger partial charge in [0.05, 0.1) is 11.5 Å². The molecule has 0 radical (unpaired) electrons. The van der Waals surface area contributed by atoms with Gasteiger partial charge in [-0.2, -0.15) is 0 Å². The van der Waals surface area contributed by atoms with Crippen LogP contribution < -0.4 is 5.32 Å². The van der Waals surface area contributed by atoms with Crippen molar-refractivity contribution in [2.45, 2.75) is 31.2 Å². The quantitative estimate of drug-likeness (QED) is 0.857. The van der Waals surface area contributed by atoms with Gasteiger partial charge in [0.1, 0.15) is 0 Å². The van der Waals surface area contributed by atoms with Crippen LogP contribution >= 0.6 is 10.7 Å². The molecule has 1 amide bonds. The van der Waals surface area contributed by atoms with Gasteiger partial charge in [0.15, 0.2) is 0 Å². The highest BCUT2D eigenvalue weighted by Gasteiger charge is 2.24. The van der Waals surface area contributed by atoms with Gasteiger partial charge in [-0.25, -0.2) is 8.42 Å². The lowest BCUT2D eigenvalue weighted by Crippen LogP contribution is -2.38. The van der Waals surface area contributed by atoms with E-state index in [4.69, 9.17) is 15.4 Å². The predicted octanol–water partition coefficient (Wildman–Crippen LogP) is 2.08. The Kier molecular flexibility index (Phi) is 4.91. The number of hydrogen-bond acceptors (Lipinski definition) is 4. The third-order valence-electron chi connectivity index (χ3n) is 3.63. The van der Waals surface area contributed by atoms with Gasteiger partial charge in [0, 0.05) is 34.8 Å². The fourth-order valence-electron chi connectivity index (χ4n) is 2.37. The van der Waals surface area contributed by atoms with Gasteiger partial charge < -0.3 is 10.1 Å². The predicted molar refractivity (Wildman–Crippen MR) is 80.1 cm³/mol. The van der Waals surface area contributed by atoms with Crippen molar-refractivity contribution in [2.75, 3.05) is 13.2 Å². The van der Waals surface area contributed by atoms with E-state index in [9.17, 15) is 13.2 Å². The first-order valence-corrected chi connectivity index (χ1v) is 9.03. The van der Waals surface area contributed by atoms with Crippen molar-refractivity contribution in [3.63, 3.8) is 0 Å². The van der Waals surface area contributed by atoms with Crippen molar-refractivity contribution >= 4 is 25.6 Å². The standard InChI is InChI=1S/C14H18ClNO4S/c1-9-5-12(7-13(6-9)21(15,18)19)14(17)16-10(2)11-3-4-20-8-11/h5-7,10-11H,3-4,8H2,1-2H3,(H,16,17). The highest BCUT2D eigenvalue weighted by atomic mass is 35.7. The summed E-state index contributed by atoms with van der Waals surface area (Å²) >= 11 is 0. The molecule has 1 aromatic carbocycles. The number of nitrogens with one attached hydrogen (secondary N) is 1. The van der Waals surface area contributed by atoms with Crippen molar-refractivity contribution in [3.05, 3.63) is 29.3 Å². The summed E-state index contributed by atoms with van der Waals surface area (Å²) in [7, 11) is 1.49. The number of hydrogen-bond donors (Lipinski definition) is 1. The summed E-state index contributed by atoms with van der Waals surface area (Å²) in [6.07, 6.45) is 0.913. The Labute approximate surface area is 129 Å². The second-order valence-electron chi connectivity index (χ2n) is 5.36. The lowest BCUT2D eigenvalue weighted by Gasteiger charge is -2.19. The zero-order chi connectivity index (χ0) is 15.6. The smallest absolute Gasteiger partial charge is 0.261 e. The SMILES string of the molecule is Cc1cc(C(=O)NC(C)C2CCOC2)cc(S(=O)(=O)Cl)c1. The van der Waals surface area contributed by atoms with Crippen LogP contribution in [-0.2, 0) is 13.8 Å². The van der Waals surface area contributed by atoms with Gasteiger partial charge >= 0.3 is 0 Å². The van der Waals surface area contributed by atoms with Gasteiger partial charge in [-0.1, -0.05) is 0 Å². The Morgan fingerprint density at radius 3 is 2.71 bits per heavy atom. The number of carbonyl (C=O) groups is 1. The molecule has 0 aromatic heterocycles. The molecule has 116 valence electrons. The third-order valence-corrected chi connectivity index (χ3v) is 4.96. The maximum Gasteiger partial charge on any atom is 0.261 e. The highest BCUT2D eigenvalue weighted by Crippen LogP contribution is 2.20. The summed E-state index contributed by atoms with van der Waals surface area (Å²) in [5.41, 5.74) is 0.957. The van der Waals surface area contributed by atoms with Crippen molar-refractivity contribution in [1.82, 2.24) is 5.32 Å². The van der Waals surface area contributed by atoms with Gasteiger partial charge in [-0.15, -0.1) is 0 Å². The minimum atomic E-state index is -3.85. The van der Waals surface area contributed by atoms with Crippen LogP contribution in [-0.4, -0.2) is 33.6 Å². The van der Waals surface area contributed by atoms with E-state index in [1.165, 1.54) is 12.1 Å². The number of ether oxygens (including phenoxy) is 1. The van der Waals surface area contributed by atoms with E-state index < -0.39 is 9.05 Å². The average Bonchev–Trinajstić information content (AvgIpc) is 2.90. The summed E-state index contributed by atoms with van der Waals surface area (Å²) in [5.74, 6) is -0.0188. The number of benzene rings is 1. The molecule has 1 N–H and O–H groups in total. The van der Waals surface area contributed by atoms with E-state index in [2.05, 4.69) is 5.32 Å².